The van der Waals surface area contributed by atoms with Gasteiger partial charge < -0.3 is 20.3 Å². The molecule has 2 saturated heterocycles. The number of hydrogen-bond acceptors (Lipinski definition) is 4. The molecule has 3 amide bonds. The van der Waals surface area contributed by atoms with Crippen molar-refractivity contribution >= 4 is 17.9 Å². The van der Waals surface area contributed by atoms with Crippen LogP contribution in [-0.4, -0.2) is 46.5 Å². The van der Waals surface area contributed by atoms with Crippen LogP contribution in [0.2, 0.25) is 0 Å². The summed E-state index contributed by atoms with van der Waals surface area (Å²) in [6, 6.07) is 7.22. The van der Waals surface area contributed by atoms with Crippen molar-refractivity contribution in [1.29, 1.82) is 0 Å². The molecule has 2 N–H and O–H groups in total. The summed E-state index contributed by atoms with van der Waals surface area (Å²) in [7, 11) is 0. The SMILES string of the molecule is CC(C)(C)OC(=O)N[C@H]1CC2(CC[C@H]3CC[C@@H](C(=O)N[C@@H]4CCCc5ccccc54)N3C1=O)CC2. The van der Waals surface area contributed by atoms with Crippen molar-refractivity contribution in [2.24, 2.45) is 5.41 Å². The van der Waals surface area contributed by atoms with Gasteiger partial charge in [0.05, 0.1) is 6.04 Å². The van der Waals surface area contributed by atoms with Crippen molar-refractivity contribution in [3.8, 4) is 0 Å². The molecule has 2 aliphatic heterocycles. The van der Waals surface area contributed by atoms with Crippen LogP contribution in [0.3, 0.4) is 0 Å². The monoisotopic (exact) mass is 481 g/mol. The maximum absolute atomic E-state index is 13.9. The third kappa shape index (κ3) is 5.19. The number of amides is 3. The van der Waals surface area contributed by atoms with E-state index in [1.807, 2.05) is 32.9 Å². The summed E-state index contributed by atoms with van der Waals surface area (Å²) in [6.45, 7) is 5.44. The summed E-state index contributed by atoms with van der Waals surface area (Å²) in [5.41, 5.74) is 2.00. The molecule has 2 heterocycles. The lowest BCUT2D eigenvalue weighted by molar-refractivity contribution is -0.143. The van der Waals surface area contributed by atoms with E-state index < -0.39 is 23.8 Å². The van der Waals surface area contributed by atoms with Gasteiger partial charge in [-0.2, -0.15) is 0 Å². The van der Waals surface area contributed by atoms with E-state index in [4.69, 9.17) is 4.74 Å². The smallest absolute Gasteiger partial charge is 0.408 e. The number of rotatable bonds is 3. The third-order valence-electron chi connectivity index (χ3n) is 8.34. The van der Waals surface area contributed by atoms with E-state index in [0.717, 1.165) is 51.4 Å². The molecule has 1 saturated carbocycles. The number of nitrogens with one attached hydrogen (secondary N) is 2. The summed E-state index contributed by atoms with van der Waals surface area (Å²) in [4.78, 5) is 41.9. The number of hydrogen-bond donors (Lipinski definition) is 2. The van der Waals surface area contributed by atoms with Crippen molar-refractivity contribution < 1.29 is 19.1 Å². The van der Waals surface area contributed by atoms with Crippen LogP contribution < -0.4 is 10.6 Å². The predicted molar refractivity (Wildman–Crippen MR) is 133 cm³/mol. The second kappa shape index (κ2) is 9.14. The average molecular weight is 482 g/mol. The van der Waals surface area contributed by atoms with Gasteiger partial charge >= 0.3 is 6.09 Å². The molecule has 3 fully saturated rings. The number of ether oxygens (including phenoxy) is 1. The Bertz CT molecular complexity index is 996. The standard InChI is InChI=1S/C28H39N3O4/c1-27(2,3)35-26(34)30-22-17-28(15-16-28)14-13-19-11-12-23(31(19)25(22)33)24(32)29-21-10-6-8-18-7-4-5-9-20(18)21/h4-5,7,9,19,21-23H,6,8,10-17H2,1-3H3,(H,29,32)(H,30,34)/t19-,21-,22+,23+/m1/s1. The van der Waals surface area contributed by atoms with E-state index in [1.54, 1.807) is 4.90 Å². The zero-order chi connectivity index (χ0) is 24.8. The Hall–Kier alpha value is -2.57. The highest BCUT2D eigenvalue weighted by molar-refractivity contribution is 5.92. The molecule has 2 aliphatic carbocycles. The second-order valence-corrected chi connectivity index (χ2v) is 12.1. The van der Waals surface area contributed by atoms with Crippen molar-refractivity contribution in [3.05, 3.63) is 35.4 Å². The van der Waals surface area contributed by atoms with E-state index in [0.29, 0.717) is 12.8 Å². The van der Waals surface area contributed by atoms with E-state index in [1.165, 1.54) is 11.1 Å². The predicted octanol–water partition coefficient (Wildman–Crippen LogP) is 4.40. The molecule has 0 aromatic heterocycles. The maximum Gasteiger partial charge on any atom is 0.408 e. The van der Waals surface area contributed by atoms with Crippen molar-refractivity contribution in [3.63, 3.8) is 0 Å². The zero-order valence-electron chi connectivity index (χ0n) is 21.3. The number of benzene rings is 1. The minimum absolute atomic E-state index is 0.0122. The molecule has 1 spiro atoms. The highest BCUT2D eigenvalue weighted by Gasteiger charge is 2.52. The molecule has 0 bridgehead atoms. The summed E-state index contributed by atoms with van der Waals surface area (Å²) < 4.78 is 5.47. The maximum atomic E-state index is 13.9. The molecule has 7 heteroatoms. The van der Waals surface area contributed by atoms with E-state index >= 15 is 0 Å². The fourth-order valence-electron chi connectivity index (χ4n) is 6.40. The average Bonchev–Trinajstić information content (AvgIpc) is 3.43. The fourth-order valence-corrected chi connectivity index (χ4v) is 6.40. The van der Waals surface area contributed by atoms with E-state index in [-0.39, 0.29) is 29.3 Å². The number of nitrogens with zero attached hydrogens (tertiary/aromatic N) is 1. The van der Waals surface area contributed by atoms with Gasteiger partial charge in [0.25, 0.3) is 0 Å². The van der Waals surface area contributed by atoms with Crippen molar-refractivity contribution in [2.75, 3.05) is 0 Å². The molecule has 1 aromatic rings. The molecule has 4 aliphatic rings. The Kier molecular flexibility index (Phi) is 6.30. The quantitative estimate of drug-likeness (QED) is 0.670. The molecule has 0 unspecified atom stereocenters. The molecule has 4 atom stereocenters. The number of aryl methyl sites for hydroxylation is 1. The van der Waals surface area contributed by atoms with Gasteiger partial charge in [-0.05, 0) is 102 Å². The fraction of sp³-hybridized carbons (Fsp3) is 0.679. The van der Waals surface area contributed by atoms with Crippen LogP contribution in [0.1, 0.15) is 95.7 Å². The highest BCUT2D eigenvalue weighted by Crippen LogP contribution is 2.55. The van der Waals surface area contributed by atoms with Crippen LogP contribution >= 0.6 is 0 Å². The summed E-state index contributed by atoms with van der Waals surface area (Å²) in [5.74, 6) is -0.200. The van der Waals surface area contributed by atoms with Crippen LogP contribution in [0.5, 0.6) is 0 Å². The van der Waals surface area contributed by atoms with Gasteiger partial charge in [0.2, 0.25) is 11.8 Å². The van der Waals surface area contributed by atoms with Crippen LogP contribution in [0.4, 0.5) is 4.79 Å². The zero-order valence-corrected chi connectivity index (χ0v) is 21.3. The minimum Gasteiger partial charge on any atom is -0.444 e. The van der Waals surface area contributed by atoms with Crippen molar-refractivity contribution in [2.45, 2.75) is 115 Å². The first kappa shape index (κ1) is 24.1. The molecule has 190 valence electrons. The molecule has 1 aromatic carbocycles. The first-order chi connectivity index (χ1) is 16.6. The Morgan fingerprint density at radius 2 is 1.77 bits per heavy atom. The molecule has 5 rings (SSSR count). The van der Waals surface area contributed by atoms with Crippen LogP contribution in [0, 0.1) is 5.41 Å². The topological polar surface area (TPSA) is 87.7 Å². The van der Waals surface area contributed by atoms with Crippen LogP contribution in [-0.2, 0) is 20.7 Å². The van der Waals surface area contributed by atoms with Crippen LogP contribution in [0.25, 0.3) is 0 Å². The number of carbonyl (C=O) groups is 3. The lowest BCUT2D eigenvalue weighted by Gasteiger charge is -2.38. The Labute approximate surface area is 208 Å². The summed E-state index contributed by atoms with van der Waals surface area (Å²) in [5, 5.41) is 6.15. The molecule has 0 radical (unpaired) electrons. The summed E-state index contributed by atoms with van der Waals surface area (Å²) >= 11 is 0. The van der Waals surface area contributed by atoms with E-state index in [2.05, 4.69) is 22.8 Å². The lowest BCUT2D eigenvalue weighted by Crippen LogP contribution is -2.57. The van der Waals surface area contributed by atoms with Gasteiger partial charge in [-0.25, -0.2) is 4.79 Å². The van der Waals surface area contributed by atoms with Gasteiger partial charge in [0.15, 0.2) is 0 Å². The van der Waals surface area contributed by atoms with Gasteiger partial charge in [-0.3, -0.25) is 9.59 Å². The van der Waals surface area contributed by atoms with Gasteiger partial charge in [0, 0.05) is 6.04 Å². The summed E-state index contributed by atoms with van der Waals surface area (Å²) in [6.07, 6.45) is 8.73. The minimum atomic E-state index is -0.654. The van der Waals surface area contributed by atoms with E-state index in [9.17, 15) is 14.4 Å². The second-order valence-electron chi connectivity index (χ2n) is 12.1. The van der Waals surface area contributed by atoms with Gasteiger partial charge in [0.1, 0.15) is 17.7 Å². The molecule has 35 heavy (non-hydrogen) atoms. The first-order valence-corrected chi connectivity index (χ1v) is 13.3. The first-order valence-electron chi connectivity index (χ1n) is 13.3. The van der Waals surface area contributed by atoms with Crippen LogP contribution in [0.15, 0.2) is 24.3 Å². The number of carbonyl (C=O) groups excluding carboxylic acids is 3. The molecular formula is C28H39N3O4. The number of fused-ring (bicyclic) bond motifs is 2. The molecular weight excluding hydrogens is 442 g/mol. The third-order valence-corrected chi connectivity index (χ3v) is 8.34. The highest BCUT2D eigenvalue weighted by atomic mass is 16.6. The number of alkyl carbamates (subject to hydrolysis) is 1. The molecule has 7 nitrogen and oxygen atoms in total. The van der Waals surface area contributed by atoms with Crippen molar-refractivity contribution in [1.82, 2.24) is 15.5 Å². The Balaban J connectivity index is 1.33. The Morgan fingerprint density at radius 1 is 1.00 bits per heavy atom. The Morgan fingerprint density at radius 3 is 2.51 bits per heavy atom. The van der Waals surface area contributed by atoms with Gasteiger partial charge in [-0.1, -0.05) is 24.3 Å². The van der Waals surface area contributed by atoms with Gasteiger partial charge in [-0.15, -0.1) is 0 Å². The lowest BCUT2D eigenvalue weighted by atomic mass is 9.87. The normalized spacial score (nSPS) is 29.5. The largest absolute Gasteiger partial charge is 0.444 e.